The number of benzene rings is 1. The number of sulfonamides is 1. The van der Waals surface area contributed by atoms with Crippen LogP contribution >= 0.6 is 0 Å². The van der Waals surface area contributed by atoms with Gasteiger partial charge in [0, 0.05) is 18.8 Å². The molecule has 0 spiro atoms. The van der Waals surface area contributed by atoms with E-state index in [0.717, 1.165) is 12.8 Å². The number of hydrogen-bond acceptors (Lipinski definition) is 5. The molecular weight excluding hydrogens is 294 g/mol. The van der Waals surface area contributed by atoms with E-state index in [0.29, 0.717) is 18.8 Å². The first-order chi connectivity index (χ1) is 9.94. The number of nitrogens with zero attached hydrogens (tertiary/aromatic N) is 1. The minimum absolute atomic E-state index is 0.0702. The third kappa shape index (κ3) is 3.64. The van der Waals surface area contributed by atoms with Crippen molar-refractivity contribution in [2.75, 3.05) is 32.5 Å². The fraction of sp³-hybridized carbons (Fsp3) is 0.462. The fourth-order valence-corrected chi connectivity index (χ4v) is 3.39. The van der Waals surface area contributed by atoms with Crippen LogP contribution in [0.15, 0.2) is 23.1 Å². The number of hydrogen-bond donors (Lipinski definition) is 2. The van der Waals surface area contributed by atoms with Gasteiger partial charge in [0.2, 0.25) is 15.9 Å². The Bertz CT molecular complexity index is 624. The average Bonchev–Trinajstić information content (AvgIpc) is 2.99. The van der Waals surface area contributed by atoms with Crippen molar-refractivity contribution in [2.45, 2.75) is 17.7 Å². The second-order valence-corrected chi connectivity index (χ2v) is 6.56. The molecule has 2 rings (SSSR count). The normalized spacial score (nSPS) is 15.2. The van der Waals surface area contributed by atoms with Crippen molar-refractivity contribution in [2.24, 2.45) is 0 Å². The summed E-state index contributed by atoms with van der Waals surface area (Å²) in [7, 11) is -2.48. The first-order valence-electron chi connectivity index (χ1n) is 6.65. The molecule has 116 valence electrons. The van der Waals surface area contributed by atoms with Gasteiger partial charge in [-0.3, -0.25) is 4.79 Å². The summed E-state index contributed by atoms with van der Waals surface area (Å²) in [6, 6.07) is 4.33. The predicted molar refractivity (Wildman–Crippen MR) is 78.4 cm³/mol. The molecular formula is C13H19N3O4S. The lowest BCUT2D eigenvalue weighted by atomic mass is 10.3. The number of nitrogens with two attached hydrogens (primary N) is 1. The van der Waals surface area contributed by atoms with Crippen molar-refractivity contribution in [3.8, 4) is 5.75 Å². The molecule has 7 nitrogen and oxygen atoms in total. The molecule has 0 atom stereocenters. The highest BCUT2D eigenvalue weighted by molar-refractivity contribution is 7.89. The van der Waals surface area contributed by atoms with E-state index in [-0.39, 0.29) is 23.1 Å². The van der Waals surface area contributed by atoms with Crippen LogP contribution in [-0.2, 0) is 14.8 Å². The van der Waals surface area contributed by atoms with Crippen molar-refractivity contribution in [3.63, 3.8) is 0 Å². The molecule has 8 heteroatoms. The van der Waals surface area contributed by atoms with Crippen LogP contribution < -0.4 is 15.2 Å². The van der Waals surface area contributed by atoms with E-state index in [1.807, 2.05) is 0 Å². The standard InChI is InChI=1S/C13H19N3O4S/c1-20-11-5-4-10(14)8-12(11)21(18,19)15-9-13(17)16-6-2-3-7-16/h4-5,8,15H,2-3,6-7,9,14H2,1H3. The molecule has 0 unspecified atom stereocenters. The maximum absolute atomic E-state index is 12.3. The Morgan fingerprint density at radius 1 is 1.38 bits per heavy atom. The van der Waals surface area contributed by atoms with E-state index in [9.17, 15) is 13.2 Å². The number of amides is 1. The van der Waals surface area contributed by atoms with Crippen LogP contribution in [0.2, 0.25) is 0 Å². The predicted octanol–water partition coefficient (Wildman–Crippen LogP) is 0.178. The van der Waals surface area contributed by atoms with Gasteiger partial charge in [-0.25, -0.2) is 13.1 Å². The van der Waals surface area contributed by atoms with Crippen molar-refractivity contribution >= 4 is 21.6 Å². The SMILES string of the molecule is COc1ccc(N)cc1S(=O)(=O)NCC(=O)N1CCCC1. The molecule has 1 aliphatic rings. The lowest BCUT2D eigenvalue weighted by Gasteiger charge is -2.16. The highest BCUT2D eigenvalue weighted by Crippen LogP contribution is 2.25. The van der Waals surface area contributed by atoms with Gasteiger partial charge in [-0.1, -0.05) is 0 Å². The number of anilines is 1. The summed E-state index contributed by atoms with van der Waals surface area (Å²) < 4.78 is 31.9. The number of ether oxygens (including phenoxy) is 1. The van der Waals surface area contributed by atoms with E-state index in [1.165, 1.54) is 19.2 Å². The van der Waals surface area contributed by atoms with E-state index < -0.39 is 10.0 Å². The van der Waals surface area contributed by atoms with Crippen LogP contribution in [0.25, 0.3) is 0 Å². The number of methoxy groups -OCH3 is 1. The summed E-state index contributed by atoms with van der Waals surface area (Å²) >= 11 is 0. The number of nitrogen functional groups attached to an aromatic ring is 1. The van der Waals surface area contributed by atoms with Gasteiger partial charge in [0.05, 0.1) is 13.7 Å². The average molecular weight is 313 g/mol. The number of nitrogens with one attached hydrogen (secondary N) is 1. The molecule has 1 saturated heterocycles. The second-order valence-electron chi connectivity index (χ2n) is 4.82. The van der Waals surface area contributed by atoms with Gasteiger partial charge in [-0.05, 0) is 31.0 Å². The minimum Gasteiger partial charge on any atom is -0.495 e. The van der Waals surface area contributed by atoms with Gasteiger partial charge < -0.3 is 15.4 Å². The Labute approximate surface area is 124 Å². The monoisotopic (exact) mass is 313 g/mol. The van der Waals surface area contributed by atoms with Gasteiger partial charge >= 0.3 is 0 Å². The number of likely N-dealkylation sites (tertiary alicyclic amines) is 1. The van der Waals surface area contributed by atoms with E-state index >= 15 is 0 Å². The van der Waals surface area contributed by atoms with E-state index in [4.69, 9.17) is 10.5 Å². The van der Waals surface area contributed by atoms with Gasteiger partial charge in [0.25, 0.3) is 0 Å². The molecule has 1 aliphatic heterocycles. The van der Waals surface area contributed by atoms with Crippen molar-refractivity contribution in [1.82, 2.24) is 9.62 Å². The Balaban J connectivity index is 2.11. The van der Waals surface area contributed by atoms with Gasteiger partial charge in [0.1, 0.15) is 10.6 Å². The van der Waals surface area contributed by atoms with E-state index in [1.54, 1.807) is 11.0 Å². The highest BCUT2D eigenvalue weighted by Gasteiger charge is 2.23. The molecule has 3 N–H and O–H groups in total. The molecule has 21 heavy (non-hydrogen) atoms. The van der Waals surface area contributed by atoms with Crippen LogP contribution in [0, 0.1) is 0 Å². The van der Waals surface area contributed by atoms with Gasteiger partial charge in [-0.2, -0.15) is 0 Å². The fourth-order valence-electron chi connectivity index (χ4n) is 2.22. The van der Waals surface area contributed by atoms with Crippen molar-refractivity contribution in [1.29, 1.82) is 0 Å². The van der Waals surface area contributed by atoms with E-state index in [2.05, 4.69) is 4.72 Å². The quantitative estimate of drug-likeness (QED) is 0.755. The van der Waals surface area contributed by atoms with Crippen molar-refractivity contribution < 1.29 is 17.9 Å². The second kappa shape index (κ2) is 6.31. The molecule has 1 aromatic rings. The van der Waals surface area contributed by atoms with Crippen LogP contribution in [0.5, 0.6) is 5.75 Å². The van der Waals surface area contributed by atoms with Crippen molar-refractivity contribution in [3.05, 3.63) is 18.2 Å². The zero-order valence-electron chi connectivity index (χ0n) is 11.8. The Morgan fingerprint density at radius 3 is 2.67 bits per heavy atom. The summed E-state index contributed by atoms with van der Waals surface area (Å²) in [5.74, 6) is -0.0377. The van der Waals surface area contributed by atoms with Gasteiger partial charge in [0.15, 0.2) is 0 Å². The molecule has 0 saturated carbocycles. The number of carbonyl (C=O) groups excluding carboxylic acids is 1. The summed E-state index contributed by atoms with van der Waals surface area (Å²) in [5, 5.41) is 0. The minimum atomic E-state index is -3.85. The largest absolute Gasteiger partial charge is 0.495 e. The summed E-state index contributed by atoms with van der Waals surface area (Å²) in [4.78, 5) is 13.5. The van der Waals surface area contributed by atoms with Crippen LogP contribution in [0.3, 0.4) is 0 Å². The zero-order chi connectivity index (χ0) is 15.5. The summed E-state index contributed by atoms with van der Waals surface area (Å²) in [5.41, 5.74) is 5.92. The first-order valence-corrected chi connectivity index (χ1v) is 8.13. The number of carbonyl (C=O) groups is 1. The third-order valence-electron chi connectivity index (χ3n) is 3.35. The third-order valence-corrected chi connectivity index (χ3v) is 4.77. The first kappa shape index (κ1) is 15.6. The summed E-state index contributed by atoms with van der Waals surface area (Å²) in [6.07, 6.45) is 1.92. The molecule has 0 aromatic heterocycles. The molecule has 1 heterocycles. The molecule has 0 aliphatic carbocycles. The number of rotatable bonds is 5. The van der Waals surface area contributed by atoms with Crippen LogP contribution in [0.1, 0.15) is 12.8 Å². The van der Waals surface area contributed by atoms with Crippen LogP contribution in [-0.4, -0.2) is 46.0 Å². The lowest BCUT2D eigenvalue weighted by Crippen LogP contribution is -2.38. The topological polar surface area (TPSA) is 102 Å². The maximum atomic E-state index is 12.3. The van der Waals surface area contributed by atoms with Crippen LogP contribution in [0.4, 0.5) is 5.69 Å². The zero-order valence-corrected chi connectivity index (χ0v) is 12.6. The molecule has 0 bridgehead atoms. The highest BCUT2D eigenvalue weighted by atomic mass is 32.2. The van der Waals surface area contributed by atoms with Gasteiger partial charge in [-0.15, -0.1) is 0 Å². The molecule has 1 fully saturated rings. The molecule has 1 aromatic carbocycles. The molecule has 0 radical (unpaired) electrons. The lowest BCUT2D eigenvalue weighted by molar-refractivity contribution is -0.128. The maximum Gasteiger partial charge on any atom is 0.244 e. The Morgan fingerprint density at radius 2 is 2.05 bits per heavy atom. The molecule has 1 amide bonds. The smallest absolute Gasteiger partial charge is 0.244 e. The Hall–Kier alpha value is -1.80. The summed E-state index contributed by atoms with van der Waals surface area (Å²) in [6.45, 7) is 1.10. The Kier molecular flexibility index (Phi) is 4.69.